The van der Waals surface area contributed by atoms with Gasteiger partial charge in [0.2, 0.25) is 11.0 Å². The van der Waals surface area contributed by atoms with Crippen LogP contribution in [0.4, 0.5) is 0 Å². The van der Waals surface area contributed by atoms with E-state index in [1.165, 1.54) is 38.3 Å². The van der Waals surface area contributed by atoms with E-state index in [1.807, 2.05) is 0 Å². The van der Waals surface area contributed by atoms with Gasteiger partial charge in [-0.2, -0.15) is 0 Å². The van der Waals surface area contributed by atoms with Crippen LogP contribution in [0.3, 0.4) is 0 Å². The smallest absolute Gasteiger partial charge is 0.347 e. The average molecular weight is 417 g/mol. The summed E-state index contributed by atoms with van der Waals surface area (Å²) in [6.45, 7) is 1.25. The molecule has 8 nitrogen and oxygen atoms in total. The number of phenolic OH excluding ortho intramolecular Hbond substituents is 1. The van der Waals surface area contributed by atoms with Crippen LogP contribution in [-0.4, -0.2) is 47.0 Å². The molecule has 0 aliphatic rings. The molecule has 2 aromatic rings. The van der Waals surface area contributed by atoms with E-state index < -0.39 is 29.0 Å². The molecule has 2 aromatic carbocycles. The number of benzene rings is 2. The standard InChI is InChI=1S/C20H19NO7S/c1-12(22)21-15(19(25)27-2)11-29-20(26)14-8-4-6-10-17(14)28-18(24)13-7-3-5-9-16(13)23/h3-10,15,23H,11H2,1-2H3,(H,21,22). The second-order valence-electron chi connectivity index (χ2n) is 5.78. The van der Waals surface area contributed by atoms with E-state index in [2.05, 4.69) is 10.1 Å². The molecule has 2 N–H and O–H groups in total. The lowest BCUT2D eigenvalue weighted by Crippen LogP contribution is -2.42. The molecule has 0 aliphatic heterocycles. The number of aromatic hydroxyl groups is 1. The number of methoxy groups -OCH3 is 1. The third-order valence-corrected chi connectivity index (χ3v) is 4.66. The summed E-state index contributed by atoms with van der Waals surface area (Å²) in [5.74, 6) is -2.24. The van der Waals surface area contributed by atoms with Crippen molar-refractivity contribution in [3.8, 4) is 11.5 Å². The van der Waals surface area contributed by atoms with Crippen molar-refractivity contribution in [3.05, 3.63) is 59.7 Å². The predicted molar refractivity (Wildman–Crippen MR) is 106 cm³/mol. The molecule has 2 rings (SSSR count). The van der Waals surface area contributed by atoms with Crippen molar-refractivity contribution in [1.29, 1.82) is 0 Å². The van der Waals surface area contributed by atoms with E-state index in [0.717, 1.165) is 11.8 Å². The summed E-state index contributed by atoms with van der Waals surface area (Å²) in [7, 11) is 1.18. The highest BCUT2D eigenvalue weighted by molar-refractivity contribution is 8.14. The molecule has 1 amide bonds. The molecule has 0 saturated heterocycles. The lowest BCUT2D eigenvalue weighted by atomic mass is 10.2. The minimum absolute atomic E-state index is 0.00685. The van der Waals surface area contributed by atoms with Crippen LogP contribution in [0.15, 0.2) is 48.5 Å². The van der Waals surface area contributed by atoms with E-state index in [-0.39, 0.29) is 28.4 Å². The molecule has 0 heterocycles. The number of thioether (sulfide) groups is 1. The van der Waals surface area contributed by atoms with Crippen LogP contribution in [0.1, 0.15) is 27.6 Å². The fourth-order valence-electron chi connectivity index (χ4n) is 2.32. The Morgan fingerprint density at radius 2 is 1.66 bits per heavy atom. The first-order chi connectivity index (χ1) is 13.8. The van der Waals surface area contributed by atoms with Crippen LogP contribution in [-0.2, 0) is 14.3 Å². The quantitative estimate of drug-likeness (QED) is 0.520. The molecular formula is C20H19NO7S. The number of carbonyl (C=O) groups excluding carboxylic acids is 4. The fraction of sp³-hybridized carbons (Fsp3) is 0.200. The molecule has 0 aromatic heterocycles. The third-order valence-electron chi connectivity index (χ3n) is 3.68. The summed E-state index contributed by atoms with van der Waals surface area (Å²) in [6.07, 6.45) is 0. The SMILES string of the molecule is COC(=O)C(CSC(=O)c1ccccc1OC(=O)c1ccccc1O)NC(C)=O. The zero-order valence-electron chi connectivity index (χ0n) is 15.7. The predicted octanol–water partition coefficient (Wildman–Crippen LogP) is 2.16. The van der Waals surface area contributed by atoms with Gasteiger partial charge in [-0.05, 0) is 24.3 Å². The molecule has 0 spiro atoms. The summed E-state index contributed by atoms with van der Waals surface area (Å²) in [5, 5.41) is 11.7. The van der Waals surface area contributed by atoms with Crippen LogP contribution < -0.4 is 10.1 Å². The molecule has 9 heteroatoms. The summed E-state index contributed by atoms with van der Waals surface area (Å²) in [4.78, 5) is 47.9. The van der Waals surface area contributed by atoms with Gasteiger partial charge in [-0.25, -0.2) is 9.59 Å². The topological polar surface area (TPSA) is 119 Å². The molecule has 0 saturated carbocycles. The van der Waals surface area contributed by atoms with Gasteiger partial charge >= 0.3 is 11.9 Å². The van der Waals surface area contributed by atoms with Crippen molar-refractivity contribution < 1.29 is 33.8 Å². The minimum atomic E-state index is -0.998. The van der Waals surface area contributed by atoms with Crippen LogP contribution in [0.5, 0.6) is 11.5 Å². The van der Waals surface area contributed by atoms with Gasteiger partial charge in [0.15, 0.2) is 0 Å². The summed E-state index contributed by atoms with van der Waals surface area (Å²) < 4.78 is 9.90. The highest BCUT2D eigenvalue weighted by Gasteiger charge is 2.24. The molecule has 0 radical (unpaired) electrons. The highest BCUT2D eigenvalue weighted by atomic mass is 32.2. The summed E-state index contributed by atoms with van der Waals surface area (Å²) >= 11 is 0.768. The number of hydrogen-bond acceptors (Lipinski definition) is 8. The Bertz CT molecular complexity index is 929. The van der Waals surface area contributed by atoms with Gasteiger partial charge in [0.25, 0.3) is 0 Å². The largest absolute Gasteiger partial charge is 0.507 e. The first-order valence-electron chi connectivity index (χ1n) is 8.44. The van der Waals surface area contributed by atoms with Crippen LogP contribution in [0, 0.1) is 0 Å². The van der Waals surface area contributed by atoms with Crippen molar-refractivity contribution >= 4 is 34.7 Å². The Morgan fingerprint density at radius 3 is 2.28 bits per heavy atom. The molecule has 0 aliphatic carbocycles. The maximum absolute atomic E-state index is 12.6. The van der Waals surface area contributed by atoms with E-state index >= 15 is 0 Å². The zero-order chi connectivity index (χ0) is 21.4. The Balaban J connectivity index is 2.13. The summed E-state index contributed by atoms with van der Waals surface area (Å²) in [5.41, 5.74) is 0.0616. The van der Waals surface area contributed by atoms with Crippen LogP contribution in [0.25, 0.3) is 0 Å². The zero-order valence-corrected chi connectivity index (χ0v) is 16.5. The number of rotatable bonds is 7. The minimum Gasteiger partial charge on any atom is -0.507 e. The van der Waals surface area contributed by atoms with Gasteiger partial charge in [0.05, 0.1) is 12.7 Å². The maximum Gasteiger partial charge on any atom is 0.347 e. The van der Waals surface area contributed by atoms with Gasteiger partial charge in [-0.1, -0.05) is 36.0 Å². The lowest BCUT2D eigenvalue weighted by molar-refractivity contribution is -0.144. The van der Waals surface area contributed by atoms with E-state index in [4.69, 9.17) is 4.74 Å². The van der Waals surface area contributed by atoms with Gasteiger partial charge in [-0.15, -0.1) is 0 Å². The third kappa shape index (κ3) is 6.08. The van der Waals surface area contributed by atoms with Crippen molar-refractivity contribution in [2.45, 2.75) is 13.0 Å². The number of carbonyl (C=O) groups is 4. The molecule has 1 unspecified atom stereocenters. The number of phenols is 1. The molecular weight excluding hydrogens is 398 g/mol. The number of ether oxygens (including phenoxy) is 2. The molecule has 29 heavy (non-hydrogen) atoms. The van der Waals surface area contributed by atoms with E-state index in [0.29, 0.717) is 0 Å². The second-order valence-corrected chi connectivity index (χ2v) is 6.77. The Morgan fingerprint density at radius 1 is 1.03 bits per heavy atom. The first-order valence-corrected chi connectivity index (χ1v) is 9.43. The van der Waals surface area contributed by atoms with Crippen molar-refractivity contribution in [2.24, 2.45) is 0 Å². The van der Waals surface area contributed by atoms with Crippen LogP contribution >= 0.6 is 11.8 Å². The number of amides is 1. The first kappa shape index (κ1) is 22.0. The van der Waals surface area contributed by atoms with Crippen molar-refractivity contribution in [1.82, 2.24) is 5.32 Å². The Hall–Kier alpha value is -3.33. The van der Waals surface area contributed by atoms with Crippen LogP contribution in [0.2, 0.25) is 0 Å². The molecule has 0 bridgehead atoms. The van der Waals surface area contributed by atoms with Gasteiger partial charge in [0.1, 0.15) is 23.1 Å². The maximum atomic E-state index is 12.6. The number of hydrogen-bond donors (Lipinski definition) is 2. The highest BCUT2D eigenvalue weighted by Crippen LogP contribution is 2.26. The Labute approximate surface area is 171 Å². The van der Waals surface area contributed by atoms with Gasteiger partial charge < -0.3 is 19.9 Å². The number of para-hydroxylation sites is 2. The molecule has 152 valence electrons. The average Bonchev–Trinajstić information content (AvgIpc) is 2.70. The van der Waals surface area contributed by atoms with Crippen molar-refractivity contribution in [3.63, 3.8) is 0 Å². The van der Waals surface area contributed by atoms with Gasteiger partial charge in [-0.3, -0.25) is 9.59 Å². The number of nitrogens with one attached hydrogen (secondary N) is 1. The monoisotopic (exact) mass is 417 g/mol. The molecule has 0 fully saturated rings. The fourth-order valence-corrected chi connectivity index (χ4v) is 3.18. The summed E-state index contributed by atoms with van der Waals surface area (Å²) in [6, 6.07) is 11.0. The Kier molecular flexibility index (Phi) is 7.79. The lowest BCUT2D eigenvalue weighted by Gasteiger charge is -2.15. The van der Waals surface area contributed by atoms with E-state index in [1.54, 1.807) is 24.3 Å². The second kappa shape index (κ2) is 10.3. The normalized spacial score (nSPS) is 11.2. The van der Waals surface area contributed by atoms with Gasteiger partial charge in [0, 0.05) is 12.7 Å². The molecule has 1 atom stereocenters. The van der Waals surface area contributed by atoms with E-state index in [9.17, 15) is 24.3 Å². The van der Waals surface area contributed by atoms with Crippen molar-refractivity contribution in [2.75, 3.05) is 12.9 Å². The number of esters is 2.